The van der Waals surface area contributed by atoms with Crippen LogP contribution < -0.4 is 10.6 Å². The van der Waals surface area contributed by atoms with Gasteiger partial charge in [-0.2, -0.15) is 0 Å². The summed E-state index contributed by atoms with van der Waals surface area (Å²) in [5.74, 6) is -1.66. The normalized spacial score (nSPS) is 10.1. The summed E-state index contributed by atoms with van der Waals surface area (Å²) < 4.78 is 5.03. The Morgan fingerprint density at radius 3 is 2.03 bits per heavy atom. The second-order valence-corrected chi connectivity index (χ2v) is 6.56. The molecule has 3 aromatic carbocycles. The van der Waals surface area contributed by atoms with Gasteiger partial charge in [0, 0.05) is 29.4 Å². The molecule has 7 heteroatoms. The third-order valence-electron chi connectivity index (χ3n) is 4.39. The lowest BCUT2D eigenvalue weighted by Gasteiger charge is -2.08. The molecule has 2 amide bonds. The molecule has 0 saturated carbocycles. The van der Waals surface area contributed by atoms with Gasteiger partial charge < -0.3 is 15.4 Å². The predicted molar refractivity (Wildman–Crippen MR) is 115 cm³/mol. The summed E-state index contributed by atoms with van der Waals surface area (Å²) in [7, 11) is 1.51. The summed E-state index contributed by atoms with van der Waals surface area (Å²) in [6, 6.07) is 21.2. The Morgan fingerprint density at radius 1 is 0.742 bits per heavy atom. The van der Waals surface area contributed by atoms with E-state index in [4.69, 9.17) is 4.74 Å². The SMILES string of the molecule is CNC(=O)c1cccc(NC(=O)COC(=O)c2ccc(C(=O)c3ccccc3)cc2)c1. The van der Waals surface area contributed by atoms with Crippen molar-refractivity contribution in [2.45, 2.75) is 0 Å². The summed E-state index contributed by atoms with van der Waals surface area (Å²) >= 11 is 0. The van der Waals surface area contributed by atoms with Crippen LogP contribution in [-0.2, 0) is 9.53 Å². The summed E-state index contributed by atoms with van der Waals surface area (Å²) in [5.41, 5.74) is 2.01. The number of rotatable bonds is 7. The quantitative estimate of drug-likeness (QED) is 0.455. The van der Waals surface area contributed by atoms with Gasteiger partial charge in [0.15, 0.2) is 12.4 Å². The first-order chi connectivity index (χ1) is 15.0. The number of hydrogen-bond acceptors (Lipinski definition) is 5. The van der Waals surface area contributed by atoms with Crippen molar-refractivity contribution in [1.29, 1.82) is 0 Å². The molecular weight excluding hydrogens is 396 g/mol. The Hall–Kier alpha value is -4.26. The summed E-state index contributed by atoms with van der Waals surface area (Å²) in [4.78, 5) is 48.3. The minimum absolute atomic E-state index is 0.154. The van der Waals surface area contributed by atoms with Crippen LogP contribution in [0, 0.1) is 0 Å². The van der Waals surface area contributed by atoms with Crippen LogP contribution in [0.15, 0.2) is 78.9 Å². The average Bonchev–Trinajstić information content (AvgIpc) is 2.82. The van der Waals surface area contributed by atoms with Gasteiger partial charge in [0.2, 0.25) is 0 Å². The van der Waals surface area contributed by atoms with E-state index >= 15 is 0 Å². The Morgan fingerprint density at radius 2 is 1.35 bits per heavy atom. The van der Waals surface area contributed by atoms with Crippen molar-refractivity contribution in [2.24, 2.45) is 0 Å². The zero-order valence-electron chi connectivity index (χ0n) is 16.8. The number of benzene rings is 3. The summed E-state index contributed by atoms with van der Waals surface area (Å²) in [6.45, 7) is -0.492. The number of carbonyl (C=O) groups excluding carboxylic acids is 4. The minimum Gasteiger partial charge on any atom is -0.452 e. The van der Waals surface area contributed by atoms with E-state index in [-0.39, 0.29) is 17.3 Å². The first kappa shape index (κ1) is 21.4. The van der Waals surface area contributed by atoms with Gasteiger partial charge in [-0.1, -0.05) is 48.5 Å². The fraction of sp³-hybridized carbons (Fsp3) is 0.0833. The average molecular weight is 416 g/mol. The summed E-state index contributed by atoms with van der Waals surface area (Å²) in [5, 5.41) is 5.07. The van der Waals surface area contributed by atoms with Crippen LogP contribution in [0.5, 0.6) is 0 Å². The summed E-state index contributed by atoms with van der Waals surface area (Å²) in [6.07, 6.45) is 0. The maximum atomic E-state index is 12.4. The number of carbonyl (C=O) groups is 4. The molecule has 0 aliphatic rings. The first-order valence-electron chi connectivity index (χ1n) is 9.47. The highest BCUT2D eigenvalue weighted by Crippen LogP contribution is 2.13. The molecule has 7 nitrogen and oxygen atoms in total. The molecule has 0 saturated heterocycles. The van der Waals surface area contributed by atoms with Gasteiger partial charge in [-0.3, -0.25) is 14.4 Å². The molecule has 0 aliphatic carbocycles. The molecule has 0 spiro atoms. The van der Waals surface area contributed by atoms with Crippen molar-refractivity contribution >= 4 is 29.3 Å². The molecule has 3 rings (SSSR count). The number of nitrogens with one attached hydrogen (secondary N) is 2. The molecule has 0 heterocycles. The van der Waals surface area contributed by atoms with E-state index in [1.165, 1.54) is 37.4 Å². The largest absolute Gasteiger partial charge is 0.452 e. The Kier molecular flexibility index (Phi) is 6.90. The van der Waals surface area contributed by atoms with Gasteiger partial charge in [-0.05, 0) is 30.3 Å². The molecule has 3 aromatic rings. The molecule has 2 N–H and O–H groups in total. The van der Waals surface area contributed by atoms with Gasteiger partial charge in [-0.15, -0.1) is 0 Å². The van der Waals surface area contributed by atoms with Crippen LogP contribution in [0.4, 0.5) is 5.69 Å². The lowest BCUT2D eigenvalue weighted by molar-refractivity contribution is -0.119. The lowest BCUT2D eigenvalue weighted by Crippen LogP contribution is -2.22. The molecule has 0 aromatic heterocycles. The van der Waals surface area contributed by atoms with Crippen molar-refractivity contribution in [3.63, 3.8) is 0 Å². The number of amides is 2. The topological polar surface area (TPSA) is 102 Å². The minimum atomic E-state index is -0.687. The van der Waals surface area contributed by atoms with Crippen molar-refractivity contribution in [3.8, 4) is 0 Å². The molecule has 0 atom stereocenters. The third-order valence-corrected chi connectivity index (χ3v) is 4.39. The molecule has 156 valence electrons. The van der Waals surface area contributed by atoms with Crippen LogP contribution in [0.2, 0.25) is 0 Å². The van der Waals surface area contributed by atoms with E-state index in [1.54, 1.807) is 42.5 Å². The van der Waals surface area contributed by atoms with E-state index in [0.717, 1.165) is 0 Å². The Bertz CT molecular complexity index is 1110. The highest BCUT2D eigenvalue weighted by atomic mass is 16.5. The van der Waals surface area contributed by atoms with Crippen molar-refractivity contribution in [1.82, 2.24) is 5.32 Å². The maximum Gasteiger partial charge on any atom is 0.338 e. The zero-order chi connectivity index (χ0) is 22.2. The number of anilines is 1. The molecule has 31 heavy (non-hydrogen) atoms. The highest BCUT2D eigenvalue weighted by Gasteiger charge is 2.13. The van der Waals surface area contributed by atoms with Gasteiger partial charge in [0.25, 0.3) is 11.8 Å². The zero-order valence-corrected chi connectivity index (χ0v) is 16.8. The van der Waals surface area contributed by atoms with Gasteiger partial charge >= 0.3 is 5.97 Å². The molecule has 0 aliphatic heterocycles. The van der Waals surface area contributed by atoms with Crippen molar-refractivity contribution < 1.29 is 23.9 Å². The van der Waals surface area contributed by atoms with Crippen LogP contribution in [-0.4, -0.2) is 37.2 Å². The number of esters is 1. The monoisotopic (exact) mass is 416 g/mol. The second kappa shape index (κ2) is 9.98. The molecule has 0 fully saturated rings. The lowest BCUT2D eigenvalue weighted by atomic mass is 10.0. The van der Waals surface area contributed by atoms with Gasteiger partial charge in [-0.25, -0.2) is 4.79 Å². The maximum absolute atomic E-state index is 12.4. The van der Waals surface area contributed by atoms with E-state index < -0.39 is 18.5 Å². The number of hydrogen-bond donors (Lipinski definition) is 2. The van der Waals surface area contributed by atoms with E-state index in [1.807, 2.05) is 6.07 Å². The molecule has 0 radical (unpaired) electrons. The second-order valence-electron chi connectivity index (χ2n) is 6.56. The number of ketones is 1. The van der Waals surface area contributed by atoms with Crippen LogP contribution in [0.3, 0.4) is 0 Å². The molecule has 0 bridgehead atoms. The van der Waals surface area contributed by atoms with E-state index in [0.29, 0.717) is 22.4 Å². The Balaban J connectivity index is 1.55. The van der Waals surface area contributed by atoms with Crippen molar-refractivity contribution in [3.05, 3.63) is 101 Å². The number of ether oxygens (including phenoxy) is 1. The Labute approximate surface area is 179 Å². The molecular formula is C24H20N2O5. The first-order valence-corrected chi connectivity index (χ1v) is 9.47. The highest BCUT2D eigenvalue weighted by molar-refractivity contribution is 6.09. The molecule has 0 unspecified atom stereocenters. The van der Waals surface area contributed by atoms with Crippen LogP contribution in [0.1, 0.15) is 36.6 Å². The van der Waals surface area contributed by atoms with Gasteiger partial charge in [0.1, 0.15) is 0 Å². The van der Waals surface area contributed by atoms with Gasteiger partial charge in [0.05, 0.1) is 5.56 Å². The van der Waals surface area contributed by atoms with Crippen LogP contribution in [0.25, 0.3) is 0 Å². The van der Waals surface area contributed by atoms with E-state index in [2.05, 4.69) is 10.6 Å². The smallest absolute Gasteiger partial charge is 0.338 e. The predicted octanol–water partition coefficient (Wildman–Crippen LogP) is 3.07. The van der Waals surface area contributed by atoms with E-state index in [9.17, 15) is 19.2 Å². The van der Waals surface area contributed by atoms with Crippen molar-refractivity contribution in [2.75, 3.05) is 19.0 Å². The standard InChI is InChI=1S/C24H20N2O5/c1-25-23(29)19-8-5-9-20(14-19)26-21(27)15-31-24(30)18-12-10-17(11-13-18)22(28)16-6-3-2-4-7-16/h2-14H,15H2,1H3,(H,25,29)(H,26,27). The van der Waals surface area contributed by atoms with Crippen LogP contribution >= 0.6 is 0 Å². The fourth-order valence-electron chi connectivity index (χ4n) is 2.81. The third kappa shape index (κ3) is 5.63. The fourth-order valence-corrected chi connectivity index (χ4v) is 2.81.